The summed E-state index contributed by atoms with van der Waals surface area (Å²) in [5.41, 5.74) is 5.40. The summed E-state index contributed by atoms with van der Waals surface area (Å²) in [5, 5.41) is 11.8. The summed E-state index contributed by atoms with van der Waals surface area (Å²) in [6.45, 7) is 8.22. The number of aromatic nitrogens is 4. The van der Waals surface area contributed by atoms with E-state index in [-0.39, 0.29) is 41.5 Å². The minimum absolute atomic E-state index is 0.00787. The smallest absolute Gasteiger partial charge is 0.266 e. The minimum Gasteiger partial charge on any atom is -0.493 e. The van der Waals surface area contributed by atoms with Crippen molar-refractivity contribution in [3.63, 3.8) is 0 Å². The highest BCUT2D eigenvalue weighted by molar-refractivity contribution is 6.24. The first-order chi connectivity index (χ1) is 30.9. The summed E-state index contributed by atoms with van der Waals surface area (Å²) < 4.78 is 39.3. The number of nitrogens with zero attached hydrogens (tertiary/aromatic N) is 9. The molecule has 2 aromatic heterocycles. The van der Waals surface area contributed by atoms with Gasteiger partial charge in [0.05, 0.1) is 36.5 Å². The number of hydrogen-bond donors (Lipinski definition) is 1. The molecule has 0 radical (unpaired) electrons. The van der Waals surface area contributed by atoms with Crippen LogP contribution in [0.3, 0.4) is 0 Å². The molecule has 336 valence electrons. The lowest BCUT2D eigenvalue weighted by Crippen LogP contribution is -2.60. The number of imide groups is 2. The first kappa shape index (κ1) is 42.0. The van der Waals surface area contributed by atoms with Gasteiger partial charge in [-0.15, -0.1) is 0 Å². The fourth-order valence-corrected chi connectivity index (χ4v) is 10.6. The normalized spacial score (nSPS) is 21.0. The second-order valence-corrected chi connectivity index (χ2v) is 17.9. The van der Waals surface area contributed by atoms with Crippen molar-refractivity contribution in [2.24, 2.45) is 7.05 Å². The second kappa shape index (κ2) is 16.8. The van der Waals surface area contributed by atoms with E-state index in [1.165, 1.54) is 0 Å². The van der Waals surface area contributed by atoms with Crippen molar-refractivity contribution in [2.75, 3.05) is 57.3 Å². The van der Waals surface area contributed by atoms with E-state index >= 15 is 0 Å². The van der Waals surface area contributed by atoms with Crippen LogP contribution < -0.4 is 15.0 Å². The van der Waals surface area contributed by atoms with Crippen LogP contribution in [-0.4, -0.2) is 133 Å². The van der Waals surface area contributed by atoms with E-state index in [9.17, 15) is 32.8 Å². The topological polar surface area (TPSA) is 158 Å². The average Bonchev–Trinajstić information content (AvgIpc) is 3.95. The molecule has 0 bridgehead atoms. The Hall–Kier alpha value is -6.01. The van der Waals surface area contributed by atoms with Crippen LogP contribution in [0.25, 0.3) is 11.1 Å². The van der Waals surface area contributed by atoms with E-state index in [1.54, 1.807) is 55.3 Å². The number of carbonyl (C=O) groups excluding carboxylic acids is 5. The molecule has 0 spiro atoms. The zero-order chi connectivity index (χ0) is 44.4. The van der Waals surface area contributed by atoms with Crippen molar-refractivity contribution in [1.82, 2.24) is 44.5 Å². The van der Waals surface area contributed by atoms with Crippen LogP contribution in [0.15, 0.2) is 42.7 Å². The van der Waals surface area contributed by atoms with E-state index in [2.05, 4.69) is 29.8 Å². The molecule has 64 heavy (non-hydrogen) atoms. The molecule has 18 heteroatoms. The number of fused-ring (bicyclic) bond motifs is 3. The summed E-state index contributed by atoms with van der Waals surface area (Å²) in [7, 11) is 1.78. The van der Waals surface area contributed by atoms with Gasteiger partial charge in [-0.25, -0.2) is 8.78 Å². The van der Waals surface area contributed by atoms with Gasteiger partial charge in [-0.3, -0.25) is 53.4 Å². The van der Waals surface area contributed by atoms with Gasteiger partial charge in [-0.1, -0.05) is 6.07 Å². The Bertz CT molecular complexity index is 2540. The standard InChI is InChI=1S/C46H52F2N10O6/c1-27(59)55-18-13-36-35(26-55)43(56-15-4-6-28-20-33(29-22-49-52(2)23-29)34(42(47)48)21-38(28)56)51-58(36)30-11-16-54(17-12-30)31-24-53(25-31)14-5-19-64-39-8-3-7-32-41(39)46(63)57(45(32)62)37-9-10-40(60)50-44(37)61/h3,7-8,20-23,30-31,37,42H,4-6,9-19,24-26H2,1-2H3,(H,50,60,61). The average molecular weight is 879 g/mol. The molecule has 16 nitrogen and oxygen atoms in total. The van der Waals surface area contributed by atoms with Crippen molar-refractivity contribution >= 4 is 41.0 Å². The predicted octanol–water partition coefficient (Wildman–Crippen LogP) is 4.40. The highest BCUT2D eigenvalue weighted by Crippen LogP contribution is 2.44. The van der Waals surface area contributed by atoms with Gasteiger partial charge in [0, 0.05) is 113 Å². The SMILES string of the molecule is CC(=O)N1CCc2c(c(N3CCCc4cc(-c5cnn(C)c5)c(C(F)F)cc43)nn2C2CCN(C3CN(CCCOc4cccc5c4C(=O)N(C4CCC(=O)NC4=O)C5=O)C3)CC2)C1. The van der Waals surface area contributed by atoms with Crippen molar-refractivity contribution in [3.8, 4) is 16.9 Å². The minimum atomic E-state index is -2.67. The van der Waals surface area contributed by atoms with Gasteiger partial charge in [-0.2, -0.15) is 10.2 Å². The lowest BCUT2D eigenvalue weighted by molar-refractivity contribution is -0.136. The van der Waals surface area contributed by atoms with Gasteiger partial charge in [0.1, 0.15) is 11.8 Å². The Kier molecular flexibility index (Phi) is 11.0. The first-order valence-corrected chi connectivity index (χ1v) is 22.4. The fraction of sp³-hybridized carbons (Fsp3) is 0.500. The lowest BCUT2D eigenvalue weighted by atomic mass is 9.92. The van der Waals surface area contributed by atoms with Crippen molar-refractivity contribution in [1.29, 1.82) is 0 Å². The van der Waals surface area contributed by atoms with E-state index in [4.69, 9.17) is 9.84 Å². The molecule has 2 aromatic carbocycles. The van der Waals surface area contributed by atoms with Crippen LogP contribution in [0.2, 0.25) is 0 Å². The van der Waals surface area contributed by atoms with Gasteiger partial charge in [0.2, 0.25) is 17.7 Å². The van der Waals surface area contributed by atoms with Gasteiger partial charge < -0.3 is 14.5 Å². The molecule has 3 fully saturated rings. The Morgan fingerprint density at radius 1 is 0.953 bits per heavy atom. The zero-order valence-electron chi connectivity index (χ0n) is 36.1. The number of benzene rings is 2. The van der Waals surface area contributed by atoms with Gasteiger partial charge in [0.25, 0.3) is 18.2 Å². The molecule has 1 N–H and O–H groups in total. The summed E-state index contributed by atoms with van der Waals surface area (Å²) in [6, 6.07) is 8.03. The molecular formula is C46H52F2N10O6. The molecule has 0 aliphatic carbocycles. The molecular weight excluding hydrogens is 827 g/mol. The van der Waals surface area contributed by atoms with Crippen LogP contribution in [0.5, 0.6) is 5.75 Å². The summed E-state index contributed by atoms with van der Waals surface area (Å²) in [4.78, 5) is 73.3. The molecule has 10 rings (SSSR count). The predicted molar refractivity (Wildman–Crippen MR) is 229 cm³/mol. The highest BCUT2D eigenvalue weighted by Gasteiger charge is 2.46. The third-order valence-electron chi connectivity index (χ3n) is 14.0. The number of carbonyl (C=O) groups is 5. The van der Waals surface area contributed by atoms with E-state index in [1.807, 2.05) is 11.0 Å². The number of aryl methyl sites for hydroxylation is 2. The summed E-state index contributed by atoms with van der Waals surface area (Å²) >= 11 is 0. The Morgan fingerprint density at radius 3 is 2.50 bits per heavy atom. The molecule has 1 atom stereocenters. The maximum absolute atomic E-state index is 14.7. The first-order valence-electron chi connectivity index (χ1n) is 22.4. The Morgan fingerprint density at radius 2 is 1.77 bits per heavy atom. The molecule has 3 saturated heterocycles. The monoisotopic (exact) mass is 878 g/mol. The number of amides is 5. The third kappa shape index (κ3) is 7.53. The number of hydrogen-bond acceptors (Lipinski definition) is 11. The number of piperidine rings is 2. The molecule has 6 aliphatic heterocycles. The number of ether oxygens (including phenoxy) is 1. The van der Waals surface area contributed by atoms with Crippen molar-refractivity contribution in [3.05, 3.63) is 76.2 Å². The maximum Gasteiger partial charge on any atom is 0.266 e. The highest BCUT2D eigenvalue weighted by atomic mass is 19.3. The second-order valence-electron chi connectivity index (χ2n) is 17.9. The van der Waals surface area contributed by atoms with Crippen LogP contribution in [0.1, 0.15) is 101 Å². The number of rotatable bonds is 11. The quantitative estimate of drug-likeness (QED) is 0.168. The Balaban J connectivity index is 0.764. The van der Waals surface area contributed by atoms with Gasteiger partial charge in [-0.05, 0) is 73.9 Å². The largest absolute Gasteiger partial charge is 0.493 e. The number of anilines is 2. The number of halogens is 2. The zero-order valence-corrected chi connectivity index (χ0v) is 36.1. The summed E-state index contributed by atoms with van der Waals surface area (Å²) in [6.07, 6.45) is 5.77. The Labute approximate surface area is 369 Å². The van der Waals surface area contributed by atoms with Crippen LogP contribution in [0.4, 0.5) is 20.3 Å². The van der Waals surface area contributed by atoms with E-state index < -0.39 is 36.1 Å². The molecule has 6 aliphatic rings. The number of alkyl halides is 2. The summed E-state index contributed by atoms with van der Waals surface area (Å²) in [5.74, 6) is -1.12. The van der Waals surface area contributed by atoms with Crippen molar-refractivity contribution in [2.45, 2.75) is 89.4 Å². The fourth-order valence-electron chi connectivity index (χ4n) is 10.6. The number of likely N-dealkylation sites (tertiary alicyclic amines) is 2. The van der Waals surface area contributed by atoms with Crippen LogP contribution >= 0.6 is 0 Å². The van der Waals surface area contributed by atoms with Gasteiger partial charge in [0.15, 0.2) is 5.82 Å². The van der Waals surface area contributed by atoms with Crippen molar-refractivity contribution < 1.29 is 37.5 Å². The molecule has 1 unspecified atom stereocenters. The number of nitrogens with one attached hydrogen (secondary N) is 1. The van der Waals surface area contributed by atoms with Crippen LogP contribution in [-0.2, 0) is 40.8 Å². The molecule has 5 amide bonds. The third-order valence-corrected chi connectivity index (χ3v) is 14.0. The van der Waals surface area contributed by atoms with E-state index in [0.29, 0.717) is 55.6 Å². The van der Waals surface area contributed by atoms with Crippen LogP contribution in [0, 0.1) is 0 Å². The molecule has 0 saturated carbocycles. The van der Waals surface area contributed by atoms with Gasteiger partial charge >= 0.3 is 0 Å². The molecule has 4 aromatic rings. The molecule has 8 heterocycles. The maximum atomic E-state index is 14.7. The lowest BCUT2D eigenvalue weighted by Gasteiger charge is -2.47. The van der Waals surface area contributed by atoms with E-state index in [0.717, 1.165) is 98.1 Å².